The Bertz CT molecular complexity index is 1000. The Morgan fingerprint density at radius 1 is 0.962 bits per heavy atom. The van der Waals surface area contributed by atoms with Crippen LogP contribution >= 0.6 is 0 Å². The molecule has 0 amide bonds. The summed E-state index contributed by atoms with van der Waals surface area (Å²) in [5, 5.41) is 0. The van der Waals surface area contributed by atoms with Gasteiger partial charge in [-0.1, -0.05) is 47.7 Å². The fourth-order valence-electron chi connectivity index (χ4n) is 3.20. The van der Waals surface area contributed by atoms with Crippen molar-refractivity contribution in [1.82, 2.24) is 0 Å². The van der Waals surface area contributed by atoms with Crippen LogP contribution in [0.15, 0.2) is 78.0 Å². The first kappa shape index (κ1) is 16.1. The number of fused-ring (bicyclic) bond motifs is 1. The molecule has 0 saturated heterocycles. The molecular formula is C23H17NO2. The molecule has 0 aromatic heterocycles. The van der Waals surface area contributed by atoms with Gasteiger partial charge < -0.3 is 4.90 Å². The van der Waals surface area contributed by atoms with Crippen molar-refractivity contribution in [2.75, 3.05) is 11.4 Å². The SMILES string of the molecule is Cc1ccc(N2C=C3C(=O)C(C#Cc4ccccc4)=CC(=O)C3C2)cc1. The molecule has 2 aromatic carbocycles. The lowest BCUT2D eigenvalue weighted by atomic mass is 9.85. The van der Waals surface area contributed by atoms with Gasteiger partial charge in [0.2, 0.25) is 0 Å². The minimum Gasteiger partial charge on any atom is -0.346 e. The quantitative estimate of drug-likeness (QED) is 0.747. The van der Waals surface area contributed by atoms with Gasteiger partial charge in [0.1, 0.15) is 0 Å². The molecular weight excluding hydrogens is 322 g/mol. The molecule has 3 heteroatoms. The van der Waals surface area contributed by atoms with Gasteiger partial charge in [0, 0.05) is 35.6 Å². The van der Waals surface area contributed by atoms with Crippen LogP contribution in [-0.2, 0) is 9.59 Å². The fourth-order valence-corrected chi connectivity index (χ4v) is 3.20. The molecule has 2 aromatic rings. The van der Waals surface area contributed by atoms with Crippen LogP contribution in [0.5, 0.6) is 0 Å². The highest BCUT2D eigenvalue weighted by atomic mass is 16.1. The van der Waals surface area contributed by atoms with E-state index in [1.165, 1.54) is 11.6 Å². The number of carbonyl (C=O) groups is 2. The Balaban J connectivity index is 1.63. The maximum absolute atomic E-state index is 12.8. The Morgan fingerprint density at radius 3 is 2.42 bits per heavy atom. The number of carbonyl (C=O) groups excluding carboxylic acids is 2. The number of benzene rings is 2. The average Bonchev–Trinajstić information content (AvgIpc) is 3.11. The summed E-state index contributed by atoms with van der Waals surface area (Å²) in [5.41, 5.74) is 3.78. The van der Waals surface area contributed by atoms with E-state index >= 15 is 0 Å². The maximum atomic E-state index is 12.8. The van der Waals surface area contributed by atoms with Crippen molar-refractivity contribution in [3.05, 3.63) is 89.1 Å². The predicted octanol–water partition coefficient (Wildman–Crippen LogP) is 3.45. The van der Waals surface area contributed by atoms with Gasteiger partial charge in [-0.2, -0.15) is 0 Å². The number of rotatable bonds is 1. The predicted molar refractivity (Wildman–Crippen MR) is 102 cm³/mol. The lowest BCUT2D eigenvalue weighted by Crippen LogP contribution is -2.28. The smallest absolute Gasteiger partial charge is 0.199 e. The minimum atomic E-state index is -0.397. The van der Waals surface area contributed by atoms with Gasteiger partial charge in [-0.25, -0.2) is 0 Å². The van der Waals surface area contributed by atoms with Gasteiger partial charge in [-0.15, -0.1) is 0 Å². The number of aryl methyl sites for hydroxylation is 1. The largest absolute Gasteiger partial charge is 0.346 e. The summed E-state index contributed by atoms with van der Waals surface area (Å²) in [6.45, 7) is 2.53. The molecule has 1 heterocycles. The number of allylic oxidation sites excluding steroid dienone is 2. The van der Waals surface area contributed by atoms with E-state index in [0.717, 1.165) is 11.3 Å². The Labute approximate surface area is 152 Å². The van der Waals surface area contributed by atoms with Crippen LogP contribution in [0.4, 0.5) is 5.69 Å². The Hall–Kier alpha value is -3.38. The molecule has 0 N–H and O–H groups in total. The second-order valence-corrected chi connectivity index (χ2v) is 6.53. The number of ketones is 2. The molecule has 0 radical (unpaired) electrons. The van der Waals surface area contributed by atoms with Crippen molar-refractivity contribution < 1.29 is 9.59 Å². The maximum Gasteiger partial charge on any atom is 0.199 e. The highest BCUT2D eigenvalue weighted by molar-refractivity contribution is 6.22. The average molecular weight is 339 g/mol. The zero-order chi connectivity index (χ0) is 18.1. The second kappa shape index (κ2) is 6.50. The van der Waals surface area contributed by atoms with Crippen molar-refractivity contribution in [2.45, 2.75) is 6.92 Å². The summed E-state index contributed by atoms with van der Waals surface area (Å²) in [5.74, 6) is 5.24. The molecule has 0 bridgehead atoms. The summed E-state index contributed by atoms with van der Waals surface area (Å²) in [6.07, 6.45) is 3.20. The third kappa shape index (κ3) is 2.98. The van der Waals surface area contributed by atoms with Crippen LogP contribution in [0.3, 0.4) is 0 Å². The highest BCUT2D eigenvalue weighted by Crippen LogP contribution is 2.33. The summed E-state index contributed by atoms with van der Waals surface area (Å²) < 4.78 is 0. The zero-order valence-corrected chi connectivity index (χ0v) is 14.4. The van der Waals surface area contributed by atoms with Crippen molar-refractivity contribution in [2.24, 2.45) is 5.92 Å². The van der Waals surface area contributed by atoms with Crippen LogP contribution in [-0.4, -0.2) is 18.1 Å². The standard InChI is InChI=1S/C23H17NO2/c1-16-7-11-19(12-8-16)24-14-20-21(15-24)23(26)18(13-22(20)25)10-9-17-5-3-2-4-6-17/h2-8,11-13,15,20H,14H2,1H3. The highest BCUT2D eigenvalue weighted by Gasteiger charge is 2.38. The molecule has 0 saturated carbocycles. The monoisotopic (exact) mass is 339 g/mol. The van der Waals surface area contributed by atoms with Gasteiger partial charge in [0.25, 0.3) is 0 Å². The van der Waals surface area contributed by atoms with Gasteiger partial charge in [-0.3, -0.25) is 9.59 Å². The zero-order valence-electron chi connectivity index (χ0n) is 14.4. The van der Waals surface area contributed by atoms with E-state index in [9.17, 15) is 9.59 Å². The van der Waals surface area contributed by atoms with Crippen molar-refractivity contribution in [3.8, 4) is 11.8 Å². The molecule has 1 aliphatic heterocycles. The molecule has 126 valence electrons. The Kier molecular flexibility index (Phi) is 4.02. The summed E-state index contributed by atoms with van der Waals surface area (Å²) >= 11 is 0. The number of hydrogen-bond donors (Lipinski definition) is 0. The van der Waals surface area contributed by atoms with Crippen LogP contribution in [0.2, 0.25) is 0 Å². The molecule has 26 heavy (non-hydrogen) atoms. The van der Waals surface area contributed by atoms with E-state index in [0.29, 0.717) is 12.1 Å². The summed E-state index contributed by atoms with van der Waals surface area (Å²) in [7, 11) is 0. The van der Waals surface area contributed by atoms with Crippen LogP contribution in [0.1, 0.15) is 11.1 Å². The van der Waals surface area contributed by atoms with E-state index in [1.807, 2.05) is 66.4 Å². The molecule has 1 unspecified atom stereocenters. The number of Topliss-reactive ketones (excluding diaryl/α,β-unsaturated/α-hetero) is 1. The minimum absolute atomic E-state index is 0.0529. The molecule has 1 aliphatic carbocycles. The molecule has 0 fully saturated rings. The normalized spacial score (nSPS) is 18.7. The first-order chi connectivity index (χ1) is 12.6. The number of anilines is 1. The van der Waals surface area contributed by atoms with Crippen LogP contribution in [0.25, 0.3) is 0 Å². The second-order valence-electron chi connectivity index (χ2n) is 6.53. The van der Waals surface area contributed by atoms with Gasteiger partial charge in [0.15, 0.2) is 11.6 Å². The third-order valence-electron chi connectivity index (χ3n) is 4.67. The lowest BCUT2D eigenvalue weighted by Gasteiger charge is -2.18. The summed E-state index contributed by atoms with van der Waals surface area (Å²) in [4.78, 5) is 27.3. The van der Waals surface area contributed by atoms with Crippen molar-refractivity contribution in [1.29, 1.82) is 0 Å². The van der Waals surface area contributed by atoms with Gasteiger partial charge >= 0.3 is 0 Å². The number of hydrogen-bond acceptors (Lipinski definition) is 3. The topological polar surface area (TPSA) is 37.4 Å². The molecule has 4 rings (SSSR count). The fraction of sp³-hybridized carbons (Fsp3) is 0.130. The Morgan fingerprint density at radius 2 is 1.69 bits per heavy atom. The van der Waals surface area contributed by atoms with E-state index < -0.39 is 5.92 Å². The van der Waals surface area contributed by atoms with E-state index in [1.54, 1.807) is 6.20 Å². The van der Waals surface area contributed by atoms with Crippen molar-refractivity contribution in [3.63, 3.8) is 0 Å². The molecule has 3 nitrogen and oxygen atoms in total. The third-order valence-corrected chi connectivity index (χ3v) is 4.67. The molecule has 0 spiro atoms. The van der Waals surface area contributed by atoms with Crippen molar-refractivity contribution >= 4 is 17.3 Å². The first-order valence-corrected chi connectivity index (χ1v) is 8.54. The van der Waals surface area contributed by atoms with E-state index in [-0.39, 0.29) is 17.1 Å². The first-order valence-electron chi connectivity index (χ1n) is 8.54. The van der Waals surface area contributed by atoms with E-state index in [4.69, 9.17) is 0 Å². The van der Waals surface area contributed by atoms with Gasteiger partial charge in [0.05, 0.1) is 11.5 Å². The summed E-state index contributed by atoms with van der Waals surface area (Å²) in [6, 6.07) is 17.5. The van der Waals surface area contributed by atoms with Gasteiger partial charge in [-0.05, 0) is 31.2 Å². The number of nitrogens with zero attached hydrogens (tertiary/aromatic N) is 1. The molecule has 1 atom stereocenters. The van der Waals surface area contributed by atoms with Crippen LogP contribution in [0, 0.1) is 24.7 Å². The molecule has 2 aliphatic rings. The lowest BCUT2D eigenvalue weighted by molar-refractivity contribution is -0.120. The van der Waals surface area contributed by atoms with Crippen LogP contribution < -0.4 is 4.90 Å². The van der Waals surface area contributed by atoms with E-state index in [2.05, 4.69) is 11.8 Å².